The molecule has 1 aromatic rings. The van der Waals surface area contributed by atoms with Gasteiger partial charge in [-0.2, -0.15) is 0 Å². The van der Waals surface area contributed by atoms with Crippen LogP contribution >= 0.6 is 0 Å². The molecule has 0 saturated carbocycles. The molecule has 14 heavy (non-hydrogen) atoms. The van der Waals surface area contributed by atoms with Gasteiger partial charge in [0.05, 0.1) is 0 Å². The van der Waals surface area contributed by atoms with Crippen molar-refractivity contribution in [3.8, 4) is 0 Å². The van der Waals surface area contributed by atoms with Gasteiger partial charge in [0.1, 0.15) is 0 Å². The van der Waals surface area contributed by atoms with Crippen molar-refractivity contribution in [3.63, 3.8) is 0 Å². The van der Waals surface area contributed by atoms with Crippen LogP contribution in [0.1, 0.15) is 51.2 Å². The summed E-state index contributed by atoms with van der Waals surface area (Å²) in [6, 6.07) is 8.76. The fourth-order valence-electron chi connectivity index (χ4n) is 1.04. The average Bonchev–Trinajstić information content (AvgIpc) is 2.22. The Morgan fingerprint density at radius 3 is 1.64 bits per heavy atom. The first-order valence-electron chi connectivity index (χ1n) is 5.80. The number of aryl methyl sites for hydroxylation is 2. The third-order valence-electron chi connectivity index (χ3n) is 2.16. The molecule has 0 N–H and O–H groups in total. The van der Waals surface area contributed by atoms with Crippen molar-refractivity contribution in [2.45, 2.75) is 53.4 Å². The summed E-state index contributed by atoms with van der Waals surface area (Å²) in [5.74, 6) is 0. The minimum atomic E-state index is 1.21. The van der Waals surface area contributed by atoms with E-state index in [1.54, 1.807) is 0 Å². The number of unbranched alkanes of at least 4 members (excludes halogenated alkanes) is 1. The van der Waals surface area contributed by atoms with Gasteiger partial charge in [0.25, 0.3) is 0 Å². The van der Waals surface area contributed by atoms with E-state index in [4.69, 9.17) is 0 Å². The van der Waals surface area contributed by atoms with Crippen LogP contribution in [0.4, 0.5) is 0 Å². The molecular formula is C14H24. The van der Waals surface area contributed by atoms with E-state index in [0.717, 1.165) is 0 Å². The molecule has 0 fully saturated rings. The first kappa shape index (κ1) is 13.2. The van der Waals surface area contributed by atoms with E-state index < -0.39 is 0 Å². The normalized spacial score (nSPS) is 9.14. The molecule has 0 aromatic heterocycles. The molecular weight excluding hydrogens is 168 g/mol. The topological polar surface area (TPSA) is 0 Å². The number of rotatable bonds is 3. The van der Waals surface area contributed by atoms with Gasteiger partial charge in [0, 0.05) is 0 Å². The predicted octanol–water partition coefficient (Wildman–Crippen LogP) is 4.75. The molecule has 0 spiro atoms. The average molecular weight is 192 g/mol. The number of hydrogen-bond donors (Lipinski definition) is 0. The Balaban J connectivity index is 0.000000364. The Morgan fingerprint density at radius 1 is 0.786 bits per heavy atom. The third-order valence-corrected chi connectivity index (χ3v) is 2.16. The van der Waals surface area contributed by atoms with Gasteiger partial charge in [0.2, 0.25) is 0 Å². The van der Waals surface area contributed by atoms with Crippen LogP contribution in [0, 0.1) is 6.92 Å². The second-order valence-corrected chi connectivity index (χ2v) is 3.74. The van der Waals surface area contributed by atoms with Gasteiger partial charge in [-0.3, -0.25) is 0 Å². The van der Waals surface area contributed by atoms with Gasteiger partial charge in [-0.15, -0.1) is 0 Å². The van der Waals surface area contributed by atoms with E-state index in [9.17, 15) is 0 Å². The molecule has 0 saturated heterocycles. The molecule has 0 heteroatoms. The second-order valence-electron chi connectivity index (χ2n) is 3.74. The lowest BCUT2D eigenvalue weighted by Crippen LogP contribution is -1.81. The Kier molecular flexibility index (Phi) is 8.31. The van der Waals surface area contributed by atoms with Gasteiger partial charge in [0.15, 0.2) is 0 Å². The largest absolute Gasteiger partial charge is 0.0654 e. The van der Waals surface area contributed by atoms with Crippen molar-refractivity contribution in [1.29, 1.82) is 0 Å². The van der Waals surface area contributed by atoms with E-state index in [0.29, 0.717) is 0 Å². The number of hydrogen-bond acceptors (Lipinski definition) is 0. The molecule has 0 aliphatic rings. The third kappa shape index (κ3) is 6.71. The maximum atomic E-state index is 2.21. The molecule has 0 amide bonds. The molecule has 0 heterocycles. The molecule has 0 aliphatic carbocycles. The first-order chi connectivity index (χ1) is 6.74. The van der Waals surface area contributed by atoms with Crippen molar-refractivity contribution in [2.24, 2.45) is 0 Å². The highest BCUT2D eigenvalue weighted by molar-refractivity contribution is 5.21. The molecule has 0 atom stereocenters. The molecule has 0 nitrogen and oxygen atoms in total. The molecule has 1 rings (SSSR count). The van der Waals surface area contributed by atoms with Gasteiger partial charge in [-0.25, -0.2) is 0 Å². The highest BCUT2D eigenvalue weighted by Crippen LogP contribution is 2.04. The Morgan fingerprint density at radius 2 is 1.29 bits per heavy atom. The van der Waals surface area contributed by atoms with E-state index in [2.05, 4.69) is 52.0 Å². The van der Waals surface area contributed by atoms with Crippen molar-refractivity contribution in [1.82, 2.24) is 0 Å². The van der Waals surface area contributed by atoms with Crippen molar-refractivity contribution in [2.75, 3.05) is 0 Å². The smallest absolute Gasteiger partial charge is 0.0281 e. The lowest BCUT2D eigenvalue weighted by atomic mass is 10.1. The summed E-state index contributed by atoms with van der Waals surface area (Å²) >= 11 is 0. The highest BCUT2D eigenvalue weighted by Gasteiger charge is 1.88. The highest BCUT2D eigenvalue weighted by atomic mass is 13.9. The van der Waals surface area contributed by atoms with Crippen molar-refractivity contribution < 1.29 is 0 Å². The Bertz CT molecular complexity index is 206. The van der Waals surface area contributed by atoms with E-state index in [1.165, 1.54) is 36.8 Å². The van der Waals surface area contributed by atoms with E-state index in [1.807, 2.05) is 0 Å². The first-order valence-corrected chi connectivity index (χ1v) is 5.80. The quantitative estimate of drug-likeness (QED) is 0.648. The summed E-state index contributed by atoms with van der Waals surface area (Å²) in [5, 5.41) is 0. The van der Waals surface area contributed by atoms with Gasteiger partial charge < -0.3 is 0 Å². The van der Waals surface area contributed by atoms with E-state index >= 15 is 0 Å². The van der Waals surface area contributed by atoms with Crippen LogP contribution in [-0.4, -0.2) is 0 Å². The SMILES string of the molecule is CCCC.CCCc1ccc(C)cc1. The Hall–Kier alpha value is -0.780. The lowest BCUT2D eigenvalue weighted by Gasteiger charge is -1.97. The van der Waals surface area contributed by atoms with Crippen LogP contribution in [0.25, 0.3) is 0 Å². The van der Waals surface area contributed by atoms with Crippen molar-refractivity contribution in [3.05, 3.63) is 35.4 Å². The van der Waals surface area contributed by atoms with Crippen LogP contribution in [-0.2, 0) is 6.42 Å². The van der Waals surface area contributed by atoms with E-state index in [-0.39, 0.29) is 0 Å². The molecule has 1 aromatic carbocycles. The number of benzene rings is 1. The fraction of sp³-hybridized carbons (Fsp3) is 0.571. The monoisotopic (exact) mass is 192 g/mol. The van der Waals surface area contributed by atoms with Crippen LogP contribution < -0.4 is 0 Å². The molecule has 80 valence electrons. The zero-order chi connectivity index (χ0) is 10.8. The second kappa shape index (κ2) is 8.80. The van der Waals surface area contributed by atoms with Gasteiger partial charge in [-0.1, -0.05) is 69.9 Å². The minimum Gasteiger partial charge on any atom is -0.0654 e. The zero-order valence-corrected chi connectivity index (χ0v) is 10.1. The summed E-state index contributed by atoms with van der Waals surface area (Å²) in [5.41, 5.74) is 2.80. The summed E-state index contributed by atoms with van der Waals surface area (Å²) in [4.78, 5) is 0. The standard InChI is InChI=1S/C10H14.C4H10/c1-3-4-10-7-5-9(2)6-8-10;1-3-4-2/h5-8H,3-4H2,1-2H3;3-4H2,1-2H3. The summed E-state index contributed by atoms with van der Waals surface area (Å²) < 4.78 is 0. The predicted molar refractivity (Wildman–Crippen MR) is 65.8 cm³/mol. The van der Waals surface area contributed by atoms with Crippen LogP contribution in [0.15, 0.2) is 24.3 Å². The van der Waals surface area contributed by atoms with Crippen molar-refractivity contribution >= 4 is 0 Å². The molecule has 0 radical (unpaired) electrons. The maximum Gasteiger partial charge on any atom is -0.0281 e. The molecule has 0 unspecified atom stereocenters. The maximum absolute atomic E-state index is 2.21. The lowest BCUT2D eigenvalue weighted by molar-refractivity contribution is 0.886. The minimum absolute atomic E-state index is 1.21. The summed E-state index contributed by atoms with van der Waals surface area (Å²) in [6.07, 6.45) is 5.09. The van der Waals surface area contributed by atoms with Crippen LogP contribution in [0.5, 0.6) is 0 Å². The molecule has 0 aliphatic heterocycles. The van der Waals surface area contributed by atoms with Crippen LogP contribution in [0.3, 0.4) is 0 Å². The van der Waals surface area contributed by atoms with Gasteiger partial charge >= 0.3 is 0 Å². The Labute approximate surface area is 89.4 Å². The fourth-order valence-corrected chi connectivity index (χ4v) is 1.04. The van der Waals surface area contributed by atoms with Gasteiger partial charge in [-0.05, 0) is 18.9 Å². The van der Waals surface area contributed by atoms with Crippen LogP contribution in [0.2, 0.25) is 0 Å². The summed E-state index contributed by atoms with van der Waals surface area (Å²) in [6.45, 7) is 8.69. The summed E-state index contributed by atoms with van der Waals surface area (Å²) in [7, 11) is 0. The zero-order valence-electron chi connectivity index (χ0n) is 10.1. The molecule has 0 bridgehead atoms.